The Hall–Kier alpha value is -4.22. The SMILES string of the molecule is CC(=O)c1ccc2c(c1C)C[C@H](O)[C@@H]2NC(=O)c1cc(C(=O)NCc2ccc(F)c(Cl)c2)n2ncc(F)c2n1. The normalized spacial score (nSPS) is 16.3. The van der Waals surface area contributed by atoms with Gasteiger partial charge in [-0.15, -0.1) is 0 Å². The van der Waals surface area contributed by atoms with E-state index in [-0.39, 0.29) is 40.8 Å². The average Bonchev–Trinajstić information content (AvgIpc) is 3.43. The quantitative estimate of drug-likeness (QED) is 0.314. The Morgan fingerprint density at radius 3 is 2.62 bits per heavy atom. The van der Waals surface area contributed by atoms with Gasteiger partial charge in [0.1, 0.15) is 17.2 Å². The molecule has 0 spiro atoms. The summed E-state index contributed by atoms with van der Waals surface area (Å²) in [5.41, 5.74) is 2.44. The predicted octanol–water partition coefficient (Wildman–Crippen LogP) is 3.49. The molecule has 1 aliphatic rings. The Morgan fingerprint density at radius 1 is 1.13 bits per heavy atom. The molecule has 0 aliphatic heterocycles. The van der Waals surface area contributed by atoms with Crippen molar-refractivity contribution in [2.75, 3.05) is 0 Å². The second kappa shape index (κ2) is 10.2. The number of aliphatic hydroxyl groups excluding tert-OH is 1. The van der Waals surface area contributed by atoms with E-state index in [1.165, 1.54) is 19.1 Å². The lowest BCUT2D eigenvalue weighted by Crippen LogP contribution is -2.35. The third kappa shape index (κ3) is 4.86. The van der Waals surface area contributed by atoms with Crippen molar-refractivity contribution in [3.05, 3.63) is 98.5 Å². The summed E-state index contributed by atoms with van der Waals surface area (Å²) >= 11 is 5.80. The molecule has 9 nitrogen and oxygen atoms in total. The minimum Gasteiger partial charge on any atom is -0.390 e. The summed E-state index contributed by atoms with van der Waals surface area (Å²) in [7, 11) is 0. The highest BCUT2D eigenvalue weighted by Gasteiger charge is 2.35. The first-order chi connectivity index (χ1) is 18.5. The van der Waals surface area contributed by atoms with Crippen molar-refractivity contribution >= 4 is 34.8 Å². The monoisotopic (exact) mass is 553 g/mol. The van der Waals surface area contributed by atoms with E-state index in [0.717, 1.165) is 34.0 Å². The maximum absolute atomic E-state index is 14.5. The Bertz CT molecular complexity index is 1670. The minimum atomic E-state index is -0.967. The van der Waals surface area contributed by atoms with Gasteiger partial charge in [-0.25, -0.2) is 18.3 Å². The zero-order valence-corrected chi connectivity index (χ0v) is 21.5. The van der Waals surface area contributed by atoms with E-state index in [2.05, 4.69) is 20.7 Å². The van der Waals surface area contributed by atoms with Crippen molar-refractivity contribution in [1.82, 2.24) is 25.2 Å². The number of ketones is 1. The van der Waals surface area contributed by atoms with Crippen LogP contribution in [0, 0.1) is 18.6 Å². The van der Waals surface area contributed by atoms with Gasteiger partial charge in [0.2, 0.25) is 0 Å². The van der Waals surface area contributed by atoms with Crippen LogP contribution in [0.15, 0.2) is 42.6 Å². The molecule has 0 radical (unpaired) electrons. The van der Waals surface area contributed by atoms with E-state index < -0.39 is 35.6 Å². The standard InChI is InChI=1S/C27H22ClF2N5O4/c1-12-15(13(2)36)4-5-16-17(12)8-23(37)24(16)34-26(38)21-9-22(35-25(33-21)20(30)11-32-35)27(39)31-10-14-3-6-19(29)18(28)7-14/h3-7,9,11,23-24,37H,8,10H2,1-2H3,(H,31,39)(H,34,38)/t23-,24+/m0/s1. The molecule has 39 heavy (non-hydrogen) atoms. The molecule has 0 fully saturated rings. The number of aromatic nitrogens is 3. The van der Waals surface area contributed by atoms with Gasteiger partial charge in [-0.05, 0) is 48.2 Å². The summed E-state index contributed by atoms with van der Waals surface area (Å²) in [4.78, 5) is 42.2. The number of hydrogen-bond acceptors (Lipinski definition) is 6. The highest BCUT2D eigenvalue weighted by Crippen LogP contribution is 2.35. The molecule has 12 heteroatoms. The Balaban J connectivity index is 1.42. The molecule has 0 saturated heterocycles. The highest BCUT2D eigenvalue weighted by atomic mass is 35.5. The van der Waals surface area contributed by atoms with Crippen LogP contribution in [-0.2, 0) is 13.0 Å². The Morgan fingerprint density at radius 2 is 1.90 bits per heavy atom. The Kier molecular flexibility index (Phi) is 6.87. The number of carbonyl (C=O) groups is 3. The van der Waals surface area contributed by atoms with Crippen LogP contribution in [0.2, 0.25) is 5.02 Å². The van der Waals surface area contributed by atoms with Crippen LogP contribution in [0.3, 0.4) is 0 Å². The number of amides is 2. The first-order valence-corrected chi connectivity index (χ1v) is 12.3. The van der Waals surface area contributed by atoms with Crippen LogP contribution in [-0.4, -0.2) is 43.4 Å². The molecule has 2 amide bonds. The fraction of sp³-hybridized carbons (Fsp3) is 0.222. The fourth-order valence-corrected chi connectivity index (χ4v) is 4.98. The van der Waals surface area contributed by atoms with E-state index in [0.29, 0.717) is 16.7 Å². The van der Waals surface area contributed by atoms with Crippen LogP contribution >= 0.6 is 11.6 Å². The van der Waals surface area contributed by atoms with Crippen molar-refractivity contribution in [2.24, 2.45) is 0 Å². The number of aliphatic hydroxyl groups is 1. The molecule has 2 aromatic heterocycles. The molecular weight excluding hydrogens is 532 g/mol. The third-order valence-electron chi connectivity index (χ3n) is 6.76. The maximum Gasteiger partial charge on any atom is 0.270 e. The molecule has 200 valence electrons. The predicted molar refractivity (Wildman–Crippen MR) is 137 cm³/mol. The highest BCUT2D eigenvalue weighted by molar-refractivity contribution is 6.30. The van der Waals surface area contributed by atoms with Gasteiger partial charge in [0.25, 0.3) is 11.8 Å². The number of hydrogen-bond donors (Lipinski definition) is 3. The van der Waals surface area contributed by atoms with Crippen molar-refractivity contribution in [1.29, 1.82) is 0 Å². The second-order valence-electron chi connectivity index (χ2n) is 9.27. The molecule has 2 atom stereocenters. The zero-order valence-electron chi connectivity index (χ0n) is 20.8. The van der Waals surface area contributed by atoms with Crippen molar-refractivity contribution in [3.63, 3.8) is 0 Å². The number of Topliss-reactive ketones (excluding diaryl/α,β-unsaturated/α-hetero) is 1. The molecule has 5 rings (SSSR count). The van der Waals surface area contributed by atoms with E-state index in [9.17, 15) is 28.3 Å². The van der Waals surface area contributed by atoms with Crippen molar-refractivity contribution < 1.29 is 28.3 Å². The van der Waals surface area contributed by atoms with E-state index in [1.807, 2.05) is 0 Å². The fourth-order valence-electron chi connectivity index (χ4n) is 4.78. The molecule has 0 unspecified atom stereocenters. The summed E-state index contributed by atoms with van der Waals surface area (Å²) in [5.74, 6) is -3.00. The minimum absolute atomic E-state index is 0.0272. The average molecular weight is 554 g/mol. The van der Waals surface area contributed by atoms with Crippen LogP contribution in [0.1, 0.15) is 66.6 Å². The largest absolute Gasteiger partial charge is 0.390 e. The number of fused-ring (bicyclic) bond motifs is 2. The van der Waals surface area contributed by atoms with Crippen LogP contribution in [0.4, 0.5) is 8.78 Å². The van der Waals surface area contributed by atoms with Crippen LogP contribution < -0.4 is 10.6 Å². The number of halogens is 3. The molecule has 3 N–H and O–H groups in total. The molecule has 2 heterocycles. The van der Waals surface area contributed by atoms with Gasteiger partial charge in [0, 0.05) is 24.6 Å². The van der Waals surface area contributed by atoms with E-state index in [4.69, 9.17) is 11.6 Å². The van der Waals surface area contributed by atoms with Crippen molar-refractivity contribution in [2.45, 2.75) is 39.0 Å². The number of nitrogens with zero attached hydrogens (tertiary/aromatic N) is 3. The molecule has 4 aromatic rings. The van der Waals surface area contributed by atoms with Gasteiger partial charge in [0.15, 0.2) is 17.2 Å². The maximum atomic E-state index is 14.5. The lowest BCUT2D eigenvalue weighted by molar-refractivity contribution is 0.0853. The molecule has 2 aromatic carbocycles. The first kappa shape index (κ1) is 26.4. The van der Waals surface area contributed by atoms with Gasteiger partial charge in [-0.3, -0.25) is 14.4 Å². The molecule has 1 aliphatic carbocycles. The summed E-state index contributed by atoms with van der Waals surface area (Å²) < 4.78 is 28.9. The van der Waals surface area contributed by atoms with Gasteiger partial charge in [-0.2, -0.15) is 5.10 Å². The van der Waals surface area contributed by atoms with Crippen LogP contribution in [0.5, 0.6) is 0 Å². The summed E-state index contributed by atoms with van der Waals surface area (Å²) in [6.07, 6.45) is 0.135. The van der Waals surface area contributed by atoms with Crippen LogP contribution in [0.25, 0.3) is 5.65 Å². The second-order valence-corrected chi connectivity index (χ2v) is 9.68. The molecule has 0 saturated carbocycles. The number of nitrogens with one attached hydrogen (secondary N) is 2. The van der Waals surface area contributed by atoms with E-state index in [1.54, 1.807) is 19.1 Å². The third-order valence-corrected chi connectivity index (χ3v) is 7.05. The topological polar surface area (TPSA) is 126 Å². The zero-order chi connectivity index (χ0) is 28.0. The molecular formula is C27H22ClF2N5O4. The number of carbonyl (C=O) groups excluding carboxylic acids is 3. The van der Waals surface area contributed by atoms with Crippen molar-refractivity contribution in [3.8, 4) is 0 Å². The summed E-state index contributed by atoms with van der Waals surface area (Å²) in [6.45, 7) is 3.22. The Labute approximate surface area is 225 Å². The van der Waals surface area contributed by atoms with Gasteiger partial charge in [-0.1, -0.05) is 29.8 Å². The number of benzene rings is 2. The number of rotatable bonds is 6. The first-order valence-electron chi connectivity index (χ1n) is 11.9. The summed E-state index contributed by atoms with van der Waals surface area (Å²) in [6, 6.07) is 7.66. The van der Waals surface area contributed by atoms with Gasteiger partial charge < -0.3 is 15.7 Å². The van der Waals surface area contributed by atoms with E-state index >= 15 is 0 Å². The smallest absolute Gasteiger partial charge is 0.270 e. The lowest BCUT2D eigenvalue weighted by Gasteiger charge is -2.18. The summed E-state index contributed by atoms with van der Waals surface area (Å²) in [5, 5.41) is 19.8. The van der Waals surface area contributed by atoms with Gasteiger partial charge in [0.05, 0.1) is 23.4 Å². The lowest BCUT2D eigenvalue weighted by atomic mass is 9.96. The van der Waals surface area contributed by atoms with Gasteiger partial charge >= 0.3 is 0 Å². The molecule has 0 bridgehead atoms.